The maximum absolute atomic E-state index is 12.3. The maximum Gasteiger partial charge on any atom is 0.170 e. The van der Waals surface area contributed by atoms with E-state index in [0.717, 1.165) is 13.0 Å². The topological polar surface area (TPSA) is 20.3 Å². The van der Waals surface area contributed by atoms with E-state index in [2.05, 4.69) is 33.1 Å². The molecule has 0 spiro atoms. The highest BCUT2D eigenvalue weighted by atomic mass is 32.1. The zero-order valence-electron chi connectivity index (χ0n) is 11.3. The third-order valence-corrected chi connectivity index (χ3v) is 3.82. The van der Waals surface area contributed by atoms with Crippen molar-refractivity contribution >= 4 is 18.4 Å². The van der Waals surface area contributed by atoms with Crippen LogP contribution in [0.3, 0.4) is 0 Å². The van der Waals surface area contributed by atoms with Gasteiger partial charge in [-0.3, -0.25) is 4.79 Å². The number of carbonyl (C=O) groups is 1. The Labute approximate surface area is 105 Å². The summed E-state index contributed by atoms with van der Waals surface area (Å²) in [7, 11) is 6.28. The molecule has 1 heterocycles. The molecule has 3 nitrogen and oxygen atoms in total. The van der Waals surface area contributed by atoms with E-state index in [1.165, 1.54) is 0 Å². The highest BCUT2D eigenvalue weighted by molar-refractivity contribution is 7.82. The molecule has 1 fully saturated rings. The minimum absolute atomic E-state index is 0.0387. The van der Waals surface area contributed by atoms with Crippen molar-refractivity contribution in [3.8, 4) is 0 Å². The lowest BCUT2D eigenvalue weighted by Gasteiger charge is -2.42. The molecule has 1 aliphatic rings. The lowest BCUT2D eigenvalue weighted by Crippen LogP contribution is -2.61. The first kappa shape index (κ1) is 14.0. The molecule has 0 saturated carbocycles. The van der Waals surface area contributed by atoms with Crippen LogP contribution in [-0.4, -0.2) is 47.9 Å². The molecule has 0 bridgehead atoms. The van der Waals surface area contributed by atoms with Crippen molar-refractivity contribution in [1.29, 1.82) is 0 Å². The van der Waals surface area contributed by atoms with Gasteiger partial charge in [0.25, 0.3) is 0 Å². The molecule has 0 amide bonds. The van der Waals surface area contributed by atoms with E-state index in [1.54, 1.807) is 0 Å². The predicted molar refractivity (Wildman–Crippen MR) is 70.1 cm³/mol. The van der Waals surface area contributed by atoms with Crippen LogP contribution in [0.1, 0.15) is 27.2 Å². The van der Waals surface area contributed by atoms with Gasteiger partial charge in [-0.05, 0) is 12.3 Å². The Kier molecular flexibility index (Phi) is 3.78. The van der Waals surface area contributed by atoms with Gasteiger partial charge in [-0.2, -0.15) is 0 Å². The number of quaternary nitrogens is 1. The second kappa shape index (κ2) is 4.31. The first-order valence-electron chi connectivity index (χ1n) is 5.95. The largest absolute Gasteiger partial charge is 0.296 e. The minimum atomic E-state index is -0.591. The monoisotopic (exact) mass is 245 g/mol. The van der Waals surface area contributed by atoms with Gasteiger partial charge in [0.15, 0.2) is 10.7 Å². The quantitative estimate of drug-likeness (QED) is 0.604. The van der Waals surface area contributed by atoms with Crippen LogP contribution >= 0.6 is 12.6 Å². The van der Waals surface area contributed by atoms with Crippen LogP contribution in [0.5, 0.6) is 0 Å². The highest BCUT2D eigenvalue weighted by Crippen LogP contribution is 2.40. The number of rotatable bonds is 3. The van der Waals surface area contributed by atoms with Crippen LogP contribution in [0, 0.1) is 11.8 Å². The summed E-state index contributed by atoms with van der Waals surface area (Å²) in [6.45, 7) is 7.04. The van der Waals surface area contributed by atoms with Gasteiger partial charge in [0, 0.05) is 5.92 Å². The fourth-order valence-electron chi connectivity index (χ4n) is 2.53. The normalized spacial score (nSPS) is 32.4. The molecule has 94 valence electrons. The molecule has 4 heteroatoms. The molecule has 0 radical (unpaired) electrons. The Morgan fingerprint density at radius 2 is 1.94 bits per heavy atom. The maximum atomic E-state index is 12.3. The molecule has 16 heavy (non-hydrogen) atoms. The molecule has 0 aromatic rings. The summed E-state index contributed by atoms with van der Waals surface area (Å²) in [5.74, 6) is 0.808. The Morgan fingerprint density at radius 1 is 1.44 bits per heavy atom. The third-order valence-electron chi connectivity index (χ3n) is 3.19. The molecule has 1 rings (SSSR count). The van der Waals surface area contributed by atoms with Crippen molar-refractivity contribution in [3.63, 3.8) is 0 Å². The number of nitrogens with zero attached hydrogens (tertiary/aromatic N) is 2. The first-order valence-corrected chi connectivity index (χ1v) is 6.40. The van der Waals surface area contributed by atoms with Crippen molar-refractivity contribution in [2.45, 2.75) is 32.1 Å². The number of Topliss-reactive ketones (excluding diaryl/α,β-unsaturated/α-hetero) is 1. The van der Waals surface area contributed by atoms with Crippen LogP contribution < -0.4 is 0 Å². The van der Waals surface area contributed by atoms with Gasteiger partial charge in [0.05, 0.1) is 27.7 Å². The average molecular weight is 245 g/mol. The smallest absolute Gasteiger partial charge is 0.170 e. The molecular weight excluding hydrogens is 220 g/mol. The molecule has 0 N–H and O–H groups in total. The number of carbonyl (C=O) groups excluding carboxylic acids is 1. The summed E-state index contributed by atoms with van der Waals surface area (Å²) in [5, 5.41) is 2.20. The zero-order chi connectivity index (χ0) is 12.7. The Bertz CT molecular complexity index is 285. The van der Waals surface area contributed by atoms with Crippen molar-refractivity contribution in [2.24, 2.45) is 11.8 Å². The fraction of sp³-hybridized carbons (Fsp3) is 0.917. The van der Waals surface area contributed by atoms with Gasteiger partial charge < -0.3 is 0 Å². The van der Waals surface area contributed by atoms with Gasteiger partial charge in [-0.15, -0.1) is 17.6 Å². The summed E-state index contributed by atoms with van der Waals surface area (Å²) < 4.78 is 0.659. The van der Waals surface area contributed by atoms with Crippen LogP contribution in [0.2, 0.25) is 0 Å². The third kappa shape index (κ3) is 2.44. The van der Waals surface area contributed by atoms with Gasteiger partial charge >= 0.3 is 0 Å². The second-order valence-electron chi connectivity index (χ2n) is 6.17. The van der Waals surface area contributed by atoms with Crippen molar-refractivity contribution in [2.75, 3.05) is 27.7 Å². The second-order valence-corrected chi connectivity index (χ2v) is 6.91. The van der Waals surface area contributed by atoms with E-state index in [0.29, 0.717) is 10.5 Å². The summed E-state index contributed by atoms with van der Waals surface area (Å²) in [6, 6.07) is 0. The van der Waals surface area contributed by atoms with E-state index in [4.69, 9.17) is 12.6 Å². The first-order chi connectivity index (χ1) is 7.09. The van der Waals surface area contributed by atoms with E-state index >= 15 is 0 Å². The molecular formula is C12H25N2OS+. The molecule has 0 aromatic carbocycles. The number of hydrogen-bond acceptors (Lipinski definition) is 3. The van der Waals surface area contributed by atoms with Gasteiger partial charge in [-0.1, -0.05) is 20.8 Å². The van der Waals surface area contributed by atoms with E-state index in [1.807, 2.05) is 13.8 Å². The number of thiol groups is 1. The Morgan fingerprint density at radius 3 is 2.31 bits per heavy atom. The fourth-order valence-corrected chi connectivity index (χ4v) is 3.45. The molecule has 2 unspecified atom stereocenters. The molecule has 0 aromatic heterocycles. The predicted octanol–water partition coefficient (Wildman–Crippen LogP) is 1.80. The van der Waals surface area contributed by atoms with Gasteiger partial charge in [0.2, 0.25) is 0 Å². The van der Waals surface area contributed by atoms with E-state index in [-0.39, 0.29) is 11.7 Å². The highest BCUT2D eigenvalue weighted by Gasteiger charge is 2.53. The zero-order valence-corrected chi connectivity index (χ0v) is 12.2. The lowest BCUT2D eigenvalue weighted by molar-refractivity contribution is -0.989. The number of hydrogen-bond donors (Lipinski definition) is 1. The Balaban J connectivity index is 3.04. The Hall–Kier alpha value is -0.0600. The summed E-state index contributed by atoms with van der Waals surface area (Å²) in [4.78, 5) is 11.8. The van der Waals surface area contributed by atoms with E-state index < -0.39 is 4.87 Å². The summed E-state index contributed by atoms with van der Waals surface area (Å²) >= 11 is 4.72. The molecule has 1 aliphatic heterocycles. The molecule has 1 saturated heterocycles. The van der Waals surface area contributed by atoms with Crippen molar-refractivity contribution in [3.05, 3.63) is 0 Å². The number of ketones is 1. The summed E-state index contributed by atoms with van der Waals surface area (Å²) in [5.41, 5.74) is 0. The van der Waals surface area contributed by atoms with E-state index in [9.17, 15) is 4.79 Å². The lowest BCUT2D eigenvalue weighted by atomic mass is 9.97. The van der Waals surface area contributed by atoms with Crippen LogP contribution in [0.15, 0.2) is 0 Å². The minimum Gasteiger partial charge on any atom is -0.296 e. The summed E-state index contributed by atoms with van der Waals surface area (Å²) in [6.07, 6.45) is 0.850. The standard InChI is InChI=1S/C12H24N2OS/c1-9(2)11(15)12(16)7-10(3)8-13(12)14(4,5)6/h9-10H,7-8H2,1-6H3/p+1. The van der Waals surface area contributed by atoms with Crippen LogP contribution in [0.4, 0.5) is 0 Å². The van der Waals surface area contributed by atoms with Crippen LogP contribution in [0.25, 0.3) is 0 Å². The van der Waals surface area contributed by atoms with Crippen molar-refractivity contribution < 1.29 is 9.39 Å². The van der Waals surface area contributed by atoms with Gasteiger partial charge in [-0.25, -0.2) is 4.59 Å². The molecule has 0 aliphatic carbocycles. The molecule has 2 atom stereocenters. The SMILES string of the molecule is CC1CN([N+](C)(C)C)C(S)(C(=O)C(C)C)C1. The average Bonchev–Trinajstić information content (AvgIpc) is 2.40. The van der Waals surface area contributed by atoms with Crippen molar-refractivity contribution in [1.82, 2.24) is 5.01 Å². The van der Waals surface area contributed by atoms with Crippen LogP contribution in [-0.2, 0) is 4.79 Å². The van der Waals surface area contributed by atoms with Gasteiger partial charge in [0.1, 0.15) is 0 Å².